The molecule has 16 heavy (non-hydrogen) atoms. The van der Waals surface area contributed by atoms with Crippen LogP contribution in [0.1, 0.15) is 0 Å². The lowest BCUT2D eigenvalue weighted by atomic mass is 10.3. The number of nitrogens with zero attached hydrogens (tertiary/aromatic N) is 4. The fourth-order valence-corrected chi connectivity index (χ4v) is 1.24. The molecule has 0 aromatic carbocycles. The Morgan fingerprint density at radius 2 is 2.44 bits per heavy atom. The number of rotatable bonds is 6. The number of likely N-dealkylation sites (N-methyl/N-ethyl adjacent to an activating group) is 1. The summed E-state index contributed by atoms with van der Waals surface area (Å²) in [5.41, 5.74) is 0. The Labute approximate surface area is 93.6 Å². The number of aromatic nitrogens is 3. The number of carbonyl (C=O) groups is 1. The molecule has 90 valence electrons. The first-order valence-corrected chi connectivity index (χ1v) is 4.88. The van der Waals surface area contributed by atoms with Gasteiger partial charge in [0.25, 0.3) is 0 Å². The Morgan fingerprint density at radius 3 is 3.00 bits per heavy atom. The van der Waals surface area contributed by atoms with Crippen LogP contribution >= 0.6 is 0 Å². The van der Waals surface area contributed by atoms with Crippen molar-refractivity contribution in [3.8, 4) is 0 Å². The van der Waals surface area contributed by atoms with E-state index in [9.17, 15) is 9.90 Å². The molecule has 1 amide bonds. The van der Waals surface area contributed by atoms with Gasteiger partial charge in [0.05, 0.1) is 18.9 Å². The van der Waals surface area contributed by atoms with E-state index in [1.54, 1.807) is 13.2 Å². The Hall–Kier alpha value is -1.47. The van der Waals surface area contributed by atoms with Crippen molar-refractivity contribution in [2.24, 2.45) is 0 Å². The molecular weight excluding hydrogens is 212 g/mol. The van der Waals surface area contributed by atoms with Crippen LogP contribution in [0.3, 0.4) is 0 Å². The van der Waals surface area contributed by atoms with Gasteiger partial charge in [-0.2, -0.15) is 0 Å². The zero-order valence-corrected chi connectivity index (χ0v) is 9.41. The van der Waals surface area contributed by atoms with Gasteiger partial charge in [0.2, 0.25) is 5.91 Å². The first-order valence-electron chi connectivity index (χ1n) is 4.88. The normalized spacial score (nSPS) is 12.4. The van der Waals surface area contributed by atoms with Gasteiger partial charge in [0, 0.05) is 26.9 Å². The number of methoxy groups -OCH3 is 1. The van der Waals surface area contributed by atoms with Crippen molar-refractivity contribution >= 4 is 5.91 Å². The summed E-state index contributed by atoms with van der Waals surface area (Å²) < 4.78 is 6.21. The highest BCUT2D eigenvalue weighted by Gasteiger charge is 2.14. The molecule has 0 saturated heterocycles. The monoisotopic (exact) mass is 228 g/mol. The van der Waals surface area contributed by atoms with Crippen LogP contribution in [0.25, 0.3) is 0 Å². The van der Waals surface area contributed by atoms with E-state index >= 15 is 0 Å². The fraction of sp³-hybridized carbons (Fsp3) is 0.667. The Morgan fingerprint density at radius 1 is 1.69 bits per heavy atom. The van der Waals surface area contributed by atoms with Crippen molar-refractivity contribution in [1.29, 1.82) is 0 Å². The van der Waals surface area contributed by atoms with Crippen molar-refractivity contribution < 1.29 is 14.6 Å². The highest BCUT2D eigenvalue weighted by Crippen LogP contribution is 1.93. The van der Waals surface area contributed by atoms with Crippen molar-refractivity contribution in [3.05, 3.63) is 12.4 Å². The maximum absolute atomic E-state index is 11.6. The molecule has 0 aliphatic heterocycles. The largest absolute Gasteiger partial charge is 0.389 e. The Balaban J connectivity index is 2.36. The molecule has 0 bridgehead atoms. The summed E-state index contributed by atoms with van der Waals surface area (Å²) in [6.45, 7) is 0.568. The quantitative estimate of drug-likeness (QED) is 0.657. The average molecular weight is 228 g/mol. The van der Waals surface area contributed by atoms with Crippen LogP contribution in [0.2, 0.25) is 0 Å². The van der Waals surface area contributed by atoms with Gasteiger partial charge in [-0.05, 0) is 0 Å². The van der Waals surface area contributed by atoms with E-state index in [1.807, 2.05) is 0 Å². The van der Waals surface area contributed by atoms with E-state index in [2.05, 4.69) is 10.3 Å². The molecule has 1 atom stereocenters. The van der Waals surface area contributed by atoms with Gasteiger partial charge in [0.1, 0.15) is 6.54 Å². The molecule has 7 heteroatoms. The van der Waals surface area contributed by atoms with Crippen LogP contribution < -0.4 is 0 Å². The zero-order valence-electron chi connectivity index (χ0n) is 9.41. The lowest BCUT2D eigenvalue weighted by molar-refractivity contribution is -0.132. The van der Waals surface area contributed by atoms with Crippen LogP contribution in [0.15, 0.2) is 12.4 Å². The fourth-order valence-electron chi connectivity index (χ4n) is 1.24. The van der Waals surface area contributed by atoms with E-state index in [4.69, 9.17) is 4.74 Å². The van der Waals surface area contributed by atoms with E-state index in [0.29, 0.717) is 0 Å². The van der Waals surface area contributed by atoms with Gasteiger partial charge < -0.3 is 14.7 Å². The van der Waals surface area contributed by atoms with Crippen molar-refractivity contribution in [2.45, 2.75) is 12.6 Å². The molecule has 0 fully saturated rings. The maximum atomic E-state index is 11.6. The highest BCUT2D eigenvalue weighted by molar-refractivity contribution is 5.75. The lowest BCUT2D eigenvalue weighted by Gasteiger charge is -2.20. The predicted molar refractivity (Wildman–Crippen MR) is 55.5 cm³/mol. The van der Waals surface area contributed by atoms with Crippen molar-refractivity contribution in [1.82, 2.24) is 19.9 Å². The van der Waals surface area contributed by atoms with E-state index in [0.717, 1.165) is 0 Å². The molecule has 1 aromatic rings. The second kappa shape index (κ2) is 6.19. The molecule has 1 rings (SSSR count). The summed E-state index contributed by atoms with van der Waals surface area (Å²) in [6, 6.07) is 0. The first-order chi connectivity index (χ1) is 7.63. The van der Waals surface area contributed by atoms with E-state index < -0.39 is 6.10 Å². The van der Waals surface area contributed by atoms with Gasteiger partial charge in [-0.3, -0.25) is 4.79 Å². The SMILES string of the molecule is COCC(O)CN(C)C(=O)Cn1ccnn1. The molecule has 0 spiro atoms. The molecule has 0 radical (unpaired) electrons. The van der Waals surface area contributed by atoms with E-state index in [1.165, 1.54) is 22.9 Å². The van der Waals surface area contributed by atoms with Gasteiger partial charge in [0.15, 0.2) is 0 Å². The van der Waals surface area contributed by atoms with Crippen LogP contribution in [0.4, 0.5) is 0 Å². The zero-order chi connectivity index (χ0) is 12.0. The average Bonchev–Trinajstić information content (AvgIpc) is 2.70. The third-order valence-electron chi connectivity index (χ3n) is 2.04. The maximum Gasteiger partial charge on any atom is 0.244 e. The molecule has 0 aliphatic rings. The smallest absolute Gasteiger partial charge is 0.244 e. The van der Waals surface area contributed by atoms with Crippen LogP contribution in [-0.2, 0) is 16.1 Å². The topological polar surface area (TPSA) is 80.5 Å². The molecule has 7 nitrogen and oxygen atoms in total. The molecule has 0 saturated carbocycles. The van der Waals surface area contributed by atoms with Gasteiger partial charge in [-0.15, -0.1) is 5.10 Å². The van der Waals surface area contributed by atoms with E-state index in [-0.39, 0.29) is 25.6 Å². The summed E-state index contributed by atoms with van der Waals surface area (Å²) in [6.07, 6.45) is 2.44. The minimum absolute atomic E-state index is 0.121. The number of hydrogen-bond acceptors (Lipinski definition) is 5. The van der Waals surface area contributed by atoms with Gasteiger partial charge in [-0.25, -0.2) is 4.68 Å². The number of aliphatic hydroxyl groups excluding tert-OH is 1. The summed E-state index contributed by atoms with van der Waals surface area (Å²) >= 11 is 0. The minimum Gasteiger partial charge on any atom is -0.389 e. The minimum atomic E-state index is -0.672. The molecule has 1 aromatic heterocycles. The summed E-state index contributed by atoms with van der Waals surface area (Å²) in [7, 11) is 3.12. The number of amides is 1. The second-order valence-corrected chi connectivity index (χ2v) is 3.48. The van der Waals surface area contributed by atoms with Gasteiger partial charge in [-0.1, -0.05) is 5.21 Å². The standard InChI is InChI=1S/C9H16N4O3/c1-12(5-8(14)7-16-2)9(15)6-13-4-3-10-11-13/h3-4,8,14H,5-7H2,1-2H3. The Kier molecular flexibility index (Phi) is 4.87. The number of aliphatic hydroxyl groups is 1. The van der Waals surface area contributed by atoms with Crippen LogP contribution in [0.5, 0.6) is 0 Å². The third kappa shape index (κ3) is 3.95. The summed E-state index contributed by atoms with van der Waals surface area (Å²) in [5, 5.41) is 16.7. The lowest BCUT2D eigenvalue weighted by Crippen LogP contribution is -2.38. The molecule has 1 unspecified atom stereocenters. The summed E-state index contributed by atoms with van der Waals surface area (Å²) in [4.78, 5) is 13.1. The molecular formula is C9H16N4O3. The first kappa shape index (κ1) is 12.6. The number of ether oxygens (including phenoxy) is 1. The van der Waals surface area contributed by atoms with Crippen LogP contribution in [0, 0.1) is 0 Å². The molecule has 1 heterocycles. The van der Waals surface area contributed by atoms with Crippen molar-refractivity contribution in [3.63, 3.8) is 0 Å². The number of carbonyl (C=O) groups excluding carboxylic acids is 1. The summed E-state index contributed by atoms with van der Waals surface area (Å²) in [5.74, 6) is -0.138. The predicted octanol–water partition coefficient (Wildman–Crippen LogP) is -1.26. The second-order valence-electron chi connectivity index (χ2n) is 3.48. The Bertz CT molecular complexity index is 315. The molecule has 0 aliphatic carbocycles. The van der Waals surface area contributed by atoms with Crippen LogP contribution in [-0.4, -0.2) is 64.3 Å². The van der Waals surface area contributed by atoms with Gasteiger partial charge >= 0.3 is 0 Å². The van der Waals surface area contributed by atoms with Crippen molar-refractivity contribution in [2.75, 3.05) is 27.3 Å². The highest BCUT2D eigenvalue weighted by atomic mass is 16.5. The number of hydrogen-bond donors (Lipinski definition) is 1. The molecule has 1 N–H and O–H groups in total. The third-order valence-corrected chi connectivity index (χ3v) is 2.04.